The Hall–Kier alpha value is -3.54. The average Bonchev–Trinajstić information content (AvgIpc) is 2.66. The molecule has 0 aliphatic carbocycles. The molecule has 0 aliphatic rings. The van der Waals surface area contributed by atoms with Gasteiger partial charge in [-0.25, -0.2) is 10.2 Å². The summed E-state index contributed by atoms with van der Waals surface area (Å²) >= 11 is 0. The van der Waals surface area contributed by atoms with Gasteiger partial charge in [-0.2, -0.15) is 5.10 Å². The van der Waals surface area contributed by atoms with Crippen molar-refractivity contribution in [2.24, 2.45) is 10.8 Å². The number of amides is 2. The van der Waals surface area contributed by atoms with Gasteiger partial charge in [-0.3, -0.25) is 0 Å². The molecule has 6 heteroatoms. The highest BCUT2D eigenvalue weighted by atomic mass is 16.5. The molecule has 26 heavy (non-hydrogen) atoms. The monoisotopic (exact) mass is 349 g/mol. The Labute approximate surface area is 151 Å². The summed E-state index contributed by atoms with van der Waals surface area (Å²) in [4.78, 5) is 10.7. The molecule has 3 aromatic carbocycles. The molecule has 3 aromatic rings. The van der Waals surface area contributed by atoms with Gasteiger partial charge in [-0.1, -0.05) is 30.3 Å². The van der Waals surface area contributed by atoms with Crippen molar-refractivity contribution in [2.75, 3.05) is 7.11 Å². The van der Waals surface area contributed by atoms with Crippen molar-refractivity contribution in [3.8, 4) is 11.5 Å². The van der Waals surface area contributed by atoms with Crippen LogP contribution in [-0.4, -0.2) is 19.4 Å². The molecule has 3 rings (SSSR count). The molecule has 132 valence electrons. The Morgan fingerprint density at radius 1 is 1.12 bits per heavy atom. The topological polar surface area (TPSA) is 85.9 Å². The van der Waals surface area contributed by atoms with Crippen molar-refractivity contribution in [3.05, 3.63) is 71.8 Å². The molecule has 0 atom stereocenters. The largest absolute Gasteiger partial charge is 0.496 e. The molecular weight excluding hydrogens is 330 g/mol. The maximum atomic E-state index is 10.7. The fraction of sp³-hybridized carbons (Fsp3) is 0.100. The van der Waals surface area contributed by atoms with E-state index in [0.717, 1.165) is 27.6 Å². The van der Waals surface area contributed by atoms with Crippen molar-refractivity contribution in [3.63, 3.8) is 0 Å². The molecule has 0 bridgehead atoms. The van der Waals surface area contributed by atoms with Crippen LogP contribution in [0.25, 0.3) is 10.8 Å². The highest BCUT2D eigenvalue weighted by molar-refractivity contribution is 5.84. The zero-order valence-corrected chi connectivity index (χ0v) is 14.3. The predicted octanol–water partition coefficient (Wildman–Crippen LogP) is 3.43. The van der Waals surface area contributed by atoms with E-state index in [4.69, 9.17) is 15.2 Å². The van der Waals surface area contributed by atoms with Gasteiger partial charge in [0.15, 0.2) is 0 Å². The van der Waals surface area contributed by atoms with Gasteiger partial charge in [0.25, 0.3) is 0 Å². The summed E-state index contributed by atoms with van der Waals surface area (Å²) in [6.45, 7) is 0.340. The molecule has 0 aromatic heterocycles. The summed E-state index contributed by atoms with van der Waals surface area (Å²) in [6.07, 6.45) is 1.50. The molecule has 0 saturated carbocycles. The van der Waals surface area contributed by atoms with E-state index in [9.17, 15) is 4.79 Å². The molecule has 6 nitrogen and oxygen atoms in total. The van der Waals surface area contributed by atoms with Crippen LogP contribution in [0.2, 0.25) is 0 Å². The molecule has 0 spiro atoms. The van der Waals surface area contributed by atoms with E-state index in [1.54, 1.807) is 7.11 Å². The fourth-order valence-electron chi connectivity index (χ4n) is 2.58. The molecule has 0 saturated heterocycles. The number of hydrogen-bond donors (Lipinski definition) is 2. The lowest BCUT2D eigenvalue weighted by Crippen LogP contribution is -2.24. The van der Waals surface area contributed by atoms with Gasteiger partial charge in [0.1, 0.15) is 18.1 Å². The summed E-state index contributed by atoms with van der Waals surface area (Å²) in [5, 5.41) is 6.04. The quantitative estimate of drug-likeness (QED) is 0.528. The molecule has 0 heterocycles. The van der Waals surface area contributed by atoms with Crippen LogP contribution < -0.4 is 20.6 Å². The van der Waals surface area contributed by atoms with E-state index in [1.165, 1.54) is 6.21 Å². The maximum absolute atomic E-state index is 10.7. The predicted molar refractivity (Wildman–Crippen MR) is 102 cm³/mol. The zero-order valence-electron chi connectivity index (χ0n) is 14.3. The van der Waals surface area contributed by atoms with E-state index >= 15 is 0 Å². The van der Waals surface area contributed by atoms with Gasteiger partial charge >= 0.3 is 6.03 Å². The Morgan fingerprint density at radius 2 is 1.92 bits per heavy atom. The third kappa shape index (κ3) is 4.30. The zero-order chi connectivity index (χ0) is 18.4. The number of nitrogens with zero attached hydrogens (tertiary/aromatic N) is 1. The van der Waals surface area contributed by atoms with Crippen LogP contribution in [0.5, 0.6) is 11.5 Å². The second-order valence-corrected chi connectivity index (χ2v) is 5.60. The number of hydrazone groups is 1. The first-order chi connectivity index (χ1) is 12.7. The lowest BCUT2D eigenvalue weighted by molar-refractivity contribution is 0.249. The molecule has 3 N–H and O–H groups in total. The SMILES string of the molecule is COc1ccc(C=NNC(N)=O)cc1COc1ccc2ccccc2c1. The van der Waals surface area contributed by atoms with Crippen molar-refractivity contribution in [2.45, 2.75) is 6.61 Å². The first-order valence-electron chi connectivity index (χ1n) is 8.03. The van der Waals surface area contributed by atoms with Crippen LogP contribution in [-0.2, 0) is 6.61 Å². The van der Waals surface area contributed by atoms with Gasteiger partial charge < -0.3 is 15.2 Å². The molecule has 0 radical (unpaired) electrons. The Kier molecular flexibility index (Phi) is 5.34. The minimum atomic E-state index is -0.713. The smallest absolute Gasteiger partial charge is 0.332 e. The number of carbonyl (C=O) groups excluding carboxylic acids is 1. The second kappa shape index (κ2) is 8.02. The number of nitrogens with one attached hydrogen (secondary N) is 1. The Morgan fingerprint density at radius 3 is 2.69 bits per heavy atom. The van der Waals surface area contributed by atoms with E-state index < -0.39 is 6.03 Å². The summed E-state index contributed by atoms with van der Waals surface area (Å²) in [7, 11) is 1.61. The van der Waals surface area contributed by atoms with Crippen molar-refractivity contribution >= 4 is 23.0 Å². The standard InChI is InChI=1S/C20H19N3O3/c1-25-19-9-6-14(12-22-23-20(21)24)10-17(19)13-26-18-8-7-15-4-2-3-5-16(15)11-18/h2-12H,13H2,1H3,(H3,21,23,24). The van der Waals surface area contributed by atoms with Crippen LogP contribution in [0, 0.1) is 0 Å². The Balaban J connectivity index is 1.76. The van der Waals surface area contributed by atoms with E-state index in [1.807, 2.05) is 54.6 Å². The lowest BCUT2D eigenvalue weighted by atomic mass is 10.1. The van der Waals surface area contributed by atoms with Crippen LogP contribution >= 0.6 is 0 Å². The minimum absolute atomic E-state index is 0.340. The number of carbonyl (C=O) groups is 1. The molecule has 0 unspecified atom stereocenters. The third-order valence-corrected chi connectivity index (χ3v) is 3.81. The molecule has 0 fully saturated rings. The van der Waals surface area contributed by atoms with E-state index in [-0.39, 0.29) is 0 Å². The number of hydrogen-bond acceptors (Lipinski definition) is 4. The number of primary amides is 1. The highest BCUT2D eigenvalue weighted by Gasteiger charge is 2.06. The van der Waals surface area contributed by atoms with Gasteiger partial charge in [-0.05, 0) is 46.7 Å². The van der Waals surface area contributed by atoms with E-state index in [2.05, 4.69) is 16.6 Å². The van der Waals surface area contributed by atoms with E-state index in [0.29, 0.717) is 12.4 Å². The second-order valence-electron chi connectivity index (χ2n) is 5.60. The van der Waals surface area contributed by atoms with Crippen LogP contribution in [0.1, 0.15) is 11.1 Å². The third-order valence-electron chi connectivity index (χ3n) is 3.81. The van der Waals surface area contributed by atoms with Crippen LogP contribution in [0.4, 0.5) is 4.79 Å². The summed E-state index contributed by atoms with van der Waals surface area (Å²) in [5.74, 6) is 1.49. The Bertz CT molecular complexity index is 954. The van der Waals surface area contributed by atoms with Crippen molar-refractivity contribution in [1.82, 2.24) is 5.43 Å². The highest BCUT2D eigenvalue weighted by Crippen LogP contribution is 2.24. The van der Waals surface area contributed by atoms with Gasteiger partial charge in [0, 0.05) is 5.56 Å². The van der Waals surface area contributed by atoms with Gasteiger partial charge in [-0.15, -0.1) is 0 Å². The van der Waals surface area contributed by atoms with Crippen molar-refractivity contribution in [1.29, 1.82) is 0 Å². The number of nitrogens with two attached hydrogens (primary N) is 1. The number of benzene rings is 3. The minimum Gasteiger partial charge on any atom is -0.496 e. The van der Waals surface area contributed by atoms with Gasteiger partial charge in [0.2, 0.25) is 0 Å². The molecule has 2 amide bonds. The van der Waals surface area contributed by atoms with Crippen LogP contribution in [0.3, 0.4) is 0 Å². The first-order valence-corrected chi connectivity index (χ1v) is 8.03. The normalized spacial score (nSPS) is 10.8. The number of methoxy groups -OCH3 is 1. The lowest BCUT2D eigenvalue weighted by Gasteiger charge is -2.11. The molecular formula is C20H19N3O3. The molecule has 0 aliphatic heterocycles. The number of urea groups is 1. The summed E-state index contributed by atoms with van der Waals surface area (Å²) < 4.78 is 11.3. The summed E-state index contributed by atoms with van der Waals surface area (Å²) in [6, 6.07) is 18.9. The maximum Gasteiger partial charge on any atom is 0.332 e. The average molecular weight is 349 g/mol. The number of rotatable bonds is 6. The fourth-order valence-corrected chi connectivity index (χ4v) is 2.58. The van der Waals surface area contributed by atoms with Crippen molar-refractivity contribution < 1.29 is 14.3 Å². The number of ether oxygens (including phenoxy) is 2. The number of fused-ring (bicyclic) bond motifs is 1. The van der Waals surface area contributed by atoms with Gasteiger partial charge in [0.05, 0.1) is 13.3 Å². The summed E-state index contributed by atoms with van der Waals surface area (Å²) in [5.41, 5.74) is 8.80. The van der Waals surface area contributed by atoms with Crippen LogP contribution in [0.15, 0.2) is 65.8 Å². The first kappa shape index (κ1) is 17.3.